The fraction of sp³-hybridized carbons (Fsp3) is 0.292. The smallest absolute Gasteiger partial charge is 0.279 e. The van der Waals surface area contributed by atoms with Crippen LogP contribution >= 0.6 is 27.5 Å². The molecule has 0 atom stereocenters. The second kappa shape index (κ2) is 9.46. The third-order valence-corrected chi connectivity index (χ3v) is 6.74. The molecule has 2 aromatic carbocycles. The molecule has 166 valence electrons. The van der Waals surface area contributed by atoms with Crippen molar-refractivity contribution in [3.8, 4) is 0 Å². The summed E-state index contributed by atoms with van der Waals surface area (Å²) in [5, 5.41) is 5.76. The molecule has 1 saturated carbocycles. The zero-order valence-corrected chi connectivity index (χ0v) is 19.9. The quantitative estimate of drug-likeness (QED) is 0.509. The lowest BCUT2D eigenvalue weighted by atomic mass is 9.94. The molecule has 1 aliphatic heterocycles. The Balaban J connectivity index is 1.53. The molecule has 6 nitrogen and oxygen atoms in total. The van der Waals surface area contributed by atoms with Crippen molar-refractivity contribution in [2.24, 2.45) is 0 Å². The maximum atomic E-state index is 13.0. The van der Waals surface area contributed by atoms with E-state index in [-0.39, 0.29) is 22.7 Å². The summed E-state index contributed by atoms with van der Waals surface area (Å²) in [6.45, 7) is 1.85. The van der Waals surface area contributed by atoms with Gasteiger partial charge in [0.15, 0.2) is 0 Å². The van der Waals surface area contributed by atoms with Gasteiger partial charge in [-0.25, -0.2) is 0 Å². The van der Waals surface area contributed by atoms with Gasteiger partial charge < -0.3 is 10.6 Å². The summed E-state index contributed by atoms with van der Waals surface area (Å²) in [6, 6.07) is 12.3. The first-order valence-electron chi connectivity index (χ1n) is 10.6. The Hall–Kier alpha value is -2.64. The average Bonchev–Trinajstić information content (AvgIpc) is 3.00. The molecule has 0 radical (unpaired) electrons. The van der Waals surface area contributed by atoms with Crippen molar-refractivity contribution >= 4 is 56.6 Å². The topological polar surface area (TPSA) is 78.5 Å². The van der Waals surface area contributed by atoms with E-state index in [0.29, 0.717) is 16.9 Å². The van der Waals surface area contributed by atoms with E-state index in [9.17, 15) is 14.4 Å². The number of carbonyl (C=O) groups is 3. The minimum atomic E-state index is -0.451. The summed E-state index contributed by atoms with van der Waals surface area (Å²) in [5.41, 5.74) is 2.51. The Bertz CT molecular complexity index is 1110. The standard InChI is InChI=1S/C24H23BrClN3O3/c1-14-7-8-15(22(30)27-17-11-9-16(25)10-12-17)13-19(14)28-21-20(26)23(31)29(24(21)32)18-5-3-2-4-6-18/h7-13,18,28H,2-6H2,1H3,(H,27,30). The van der Waals surface area contributed by atoms with Gasteiger partial charge in [-0.15, -0.1) is 0 Å². The molecule has 3 amide bonds. The van der Waals surface area contributed by atoms with Crippen LogP contribution in [-0.4, -0.2) is 28.7 Å². The number of halogens is 2. The average molecular weight is 517 g/mol. The Morgan fingerprint density at radius 2 is 1.72 bits per heavy atom. The van der Waals surface area contributed by atoms with Crippen LogP contribution in [0.4, 0.5) is 11.4 Å². The molecule has 1 aliphatic carbocycles. The predicted octanol–water partition coefficient (Wildman–Crippen LogP) is 5.57. The highest BCUT2D eigenvalue weighted by atomic mass is 79.9. The summed E-state index contributed by atoms with van der Waals surface area (Å²) in [6.07, 6.45) is 4.72. The van der Waals surface area contributed by atoms with Gasteiger partial charge in [0.2, 0.25) is 0 Å². The van der Waals surface area contributed by atoms with Crippen molar-refractivity contribution in [3.05, 3.63) is 68.8 Å². The zero-order valence-electron chi connectivity index (χ0n) is 17.6. The molecular formula is C24H23BrClN3O3. The number of amides is 3. The van der Waals surface area contributed by atoms with E-state index < -0.39 is 11.8 Å². The summed E-state index contributed by atoms with van der Waals surface area (Å²) >= 11 is 9.65. The van der Waals surface area contributed by atoms with Crippen LogP contribution < -0.4 is 10.6 Å². The lowest BCUT2D eigenvalue weighted by Gasteiger charge is -2.29. The van der Waals surface area contributed by atoms with E-state index in [0.717, 1.165) is 42.1 Å². The maximum absolute atomic E-state index is 13.0. The van der Waals surface area contributed by atoms with Gasteiger partial charge in [0.25, 0.3) is 17.7 Å². The highest BCUT2D eigenvalue weighted by molar-refractivity contribution is 9.10. The number of hydrogen-bond acceptors (Lipinski definition) is 4. The third kappa shape index (κ3) is 4.59. The number of nitrogens with zero attached hydrogens (tertiary/aromatic N) is 1. The van der Waals surface area contributed by atoms with Crippen LogP contribution in [-0.2, 0) is 9.59 Å². The van der Waals surface area contributed by atoms with Crippen LogP contribution in [0, 0.1) is 6.92 Å². The van der Waals surface area contributed by atoms with Crippen LogP contribution in [0.5, 0.6) is 0 Å². The molecule has 4 rings (SSSR count). The summed E-state index contributed by atoms with van der Waals surface area (Å²) in [5.74, 6) is -1.14. The minimum Gasteiger partial charge on any atom is -0.349 e. The SMILES string of the molecule is Cc1ccc(C(=O)Nc2ccc(Br)cc2)cc1NC1=C(Cl)C(=O)N(C2CCCCC2)C1=O. The third-order valence-electron chi connectivity index (χ3n) is 5.86. The zero-order chi connectivity index (χ0) is 22.8. The number of anilines is 2. The molecule has 2 aliphatic rings. The molecule has 0 aromatic heterocycles. The Labute approximate surface area is 200 Å². The van der Waals surface area contributed by atoms with E-state index in [1.165, 1.54) is 4.90 Å². The van der Waals surface area contributed by atoms with Gasteiger partial charge in [0.1, 0.15) is 10.7 Å². The van der Waals surface area contributed by atoms with Gasteiger partial charge in [0.05, 0.1) is 0 Å². The number of aryl methyl sites for hydroxylation is 1. The van der Waals surface area contributed by atoms with Gasteiger partial charge in [-0.1, -0.05) is 52.9 Å². The maximum Gasteiger partial charge on any atom is 0.279 e. The van der Waals surface area contributed by atoms with Crippen LogP contribution in [0.1, 0.15) is 48.0 Å². The van der Waals surface area contributed by atoms with Crippen molar-refractivity contribution in [2.45, 2.75) is 45.1 Å². The number of nitrogens with one attached hydrogen (secondary N) is 2. The second-order valence-corrected chi connectivity index (χ2v) is 9.37. The first kappa shape index (κ1) is 22.6. The van der Waals surface area contributed by atoms with Crippen LogP contribution in [0.3, 0.4) is 0 Å². The highest BCUT2D eigenvalue weighted by Crippen LogP contribution is 2.33. The molecule has 0 spiro atoms. The Kier molecular flexibility index (Phi) is 6.67. The number of imide groups is 1. The molecule has 1 fully saturated rings. The molecule has 8 heteroatoms. The molecular weight excluding hydrogens is 494 g/mol. The van der Waals surface area contributed by atoms with E-state index in [2.05, 4.69) is 26.6 Å². The number of hydrogen-bond donors (Lipinski definition) is 2. The largest absolute Gasteiger partial charge is 0.349 e. The van der Waals surface area contributed by atoms with Crippen LogP contribution in [0.15, 0.2) is 57.7 Å². The number of benzene rings is 2. The van der Waals surface area contributed by atoms with E-state index >= 15 is 0 Å². The number of rotatable bonds is 5. The highest BCUT2D eigenvalue weighted by Gasteiger charge is 2.42. The van der Waals surface area contributed by atoms with E-state index in [1.807, 2.05) is 19.1 Å². The molecule has 1 heterocycles. The molecule has 32 heavy (non-hydrogen) atoms. The monoisotopic (exact) mass is 515 g/mol. The number of carbonyl (C=O) groups excluding carboxylic acids is 3. The minimum absolute atomic E-state index is 0.0656. The Morgan fingerprint density at radius 3 is 2.41 bits per heavy atom. The second-order valence-electron chi connectivity index (χ2n) is 8.08. The van der Waals surface area contributed by atoms with E-state index in [1.54, 1.807) is 30.3 Å². The molecule has 0 saturated heterocycles. The fourth-order valence-corrected chi connectivity index (χ4v) is 4.55. The van der Waals surface area contributed by atoms with Crippen LogP contribution in [0.25, 0.3) is 0 Å². The van der Waals surface area contributed by atoms with Gasteiger partial charge >= 0.3 is 0 Å². The summed E-state index contributed by atoms with van der Waals surface area (Å²) in [7, 11) is 0. The van der Waals surface area contributed by atoms with Crippen molar-refractivity contribution in [3.63, 3.8) is 0 Å². The van der Waals surface area contributed by atoms with Crippen molar-refractivity contribution in [1.82, 2.24) is 4.90 Å². The van der Waals surface area contributed by atoms with Gasteiger partial charge in [0, 0.05) is 27.5 Å². The molecule has 2 N–H and O–H groups in total. The molecule has 2 aromatic rings. The van der Waals surface area contributed by atoms with Crippen molar-refractivity contribution in [2.75, 3.05) is 10.6 Å². The van der Waals surface area contributed by atoms with E-state index in [4.69, 9.17) is 11.6 Å². The first-order chi connectivity index (χ1) is 15.3. The fourth-order valence-electron chi connectivity index (χ4n) is 4.07. The van der Waals surface area contributed by atoms with Gasteiger partial charge in [-0.3, -0.25) is 19.3 Å². The predicted molar refractivity (Wildman–Crippen MR) is 129 cm³/mol. The van der Waals surface area contributed by atoms with Crippen LogP contribution in [0.2, 0.25) is 0 Å². The van der Waals surface area contributed by atoms with Crippen molar-refractivity contribution < 1.29 is 14.4 Å². The van der Waals surface area contributed by atoms with Gasteiger partial charge in [-0.2, -0.15) is 0 Å². The normalized spacial score (nSPS) is 17.2. The van der Waals surface area contributed by atoms with Crippen molar-refractivity contribution in [1.29, 1.82) is 0 Å². The molecule has 0 unspecified atom stereocenters. The lowest BCUT2D eigenvalue weighted by Crippen LogP contribution is -2.42. The summed E-state index contributed by atoms with van der Waals surface area (Å²) < 4.78 is 0.917. The Morgan fingerprint density at radius 1 is 1.03 bits per heavy atom. The first-order valence-corrected chi connectivity index (χ1v) is 11.7. The lowest BCUT2D eigenvalue weighted by molar-refractivity contribution is -0.140. The van der Waals surface area contributed by atoms with Gasteiger partial charge in [-0.05, 0) is 61.7 Å². The molecule has 0 bridgehead atoms. The summed E-state index contributed by atoms with van der Waals surface area (Å²) in [4.78, 5) is 39.8.